The van der Waals surface area contributed by atoms with Crippen LogP contribution in [0.1, 0.15) is 55.1 Å². The number of carbonyl (C=O) groups excluding carboxylic acids is 1. The molecule has 0 bridgehead atoms. The fourth-order valence-corrected chi connectivity index (χ4v) is 3.29. The molecule has 1 aromatic rings. The van der Waals surface area contributed by atoms with Gasteiger partial charge in [-0.25, -0.2) is 8.42 Å². The summed E-state index contributed by atoms with van der Waals surface area (Å²) in [6.45, 7) is 0. The highest BCUT2D eigenvalue weighted by Gasteiger charge is 2.29. The minimum atomic E-state index is -3.80. The van der Waals surface area contributed by atoms with E-state index in [-0.39, 0.29) is 22.9 Å². The van der Waals surface area contributed by atoms with Crippen molar-refractivity contribution < 1.29 is 13.2 Å². The van der Waals surface area contributed by atoms with E-state index in [0.29, 0.717) is 5.69 Å². The highest BCUT2D eigenvalue weighted by Crippen LogP contribution is 2.34. The van der Waals surface area contributed by atoms with Crippen LogP contribution >= 0.6 is 10.7 Å². The Balaban J connectivity index is 1.90. The van der Waals surface area contributed by atoms with Crippen molar-refractivity contribution in [3.63, 3.8) is 0 Å². The zero-order valence-corrected chi connectivity index (χ0v) is 12.6. The molecule has 5 nitrogen and oxygen atoms in total. The van der Waals surface area contributed by atoms with E-state index in [1.807, 2.05) is 0 Å². The van der Waals surface area contributed by atoms with E-state index in [4.69, 9.17) is 10.7 Å². The Morgan fingerprint density at radius 3 is 2.35 bits per heavy atom. The second kappa shape index (κ2) is 5.07. The molecule has 110 valence electrons. The lowest BCUT2D eigenvalue weighted by Crippen LogP contribution is -2.40. The topological polar surface area (TPSA) is 68.2 Å². The Labute approximate surface area is 122 Å². The Hall–Kier alpha value is -1.01. The van der Waals surface area contributed by atoms with Crippen molar-refractivity contribution in [2.24, 2.45) is 0 Å². The summed E-state index contributed by atoms with van der Waals surface area (Å²) in [6.07, 6.45) is 7.67. The van der Waals surface area contributed by atoms with Gasteiger partial charge in [0.2, 0.25) is 0 Å². The highest BCUT2D eigenvalue weighted by molar-refractivity contribution is 8.13. The van der Waals surface area contributed by atoms with Crippen LogP contribution in [0.3, 0.4) is 0 Å². The number of amides is 1. The molecule has 1 amide bonds. The lowest BCUT2D eigenvalue weighted by Gasteiger charge is -2.30. The molecule has 0 saturated heterocycles. The highest BCUT2D eigenvalue weighted by atomic mass is 35.7. The molecule has 0 radical (unpaired) electrons. The monoisotopic (exact) mass is 316 g/mol. The molecule has 0 unspecified atom stereocenters. The van der Waals surface area contributed by atoms with Crippen LogP contribution in [0, 0.1) is 0 Å². The summed E-state index contributed by atoms with van der Waals surface area (Å²) in [6, 6.07) is 1.82. The number of nitrogens with one attached hydrogen (secondary N) is 1. The predicted octanol–water partition coefficient (Wildman–Crippen LogP) is 2.42. The number of aromatic nitrogens is 1. The van der Waals surface area contributed by atoms with Crippen molar-refractivity contribution in [3.8, 4) is 0 Å². The van der Waals surface area contributed by atoms with Crippen LogP contribution < -0.4 is 5.32 Å². The number of hydrogen-bond donors (Lipinski definition) is 1. The lowest BCUT2D eigenvalue weighted by atomic mass is 9.92. The van der Waals surface area contributed by atoms with E-state index in [1.54, 1.807) is 4.57 Å². The molecule has 7 heteroatoms. The van der Waals surface area contributed by atoms with Gasteiger partial charge in [-0.1, -0.05) is 0 Å². The van der Waals surface area contributed by atoms with E-state index < -0.39 is 9.05 Å². The van der Waals surface area contributed by atoms with Crippen LogP contribution in [0.4, 0.5) is 0 Å². The normalized spacial score (nSPS) is 20.2. The maximum atomic E-state index is 12.3. The third-order valence-electron chi connectivity index (χ3n) is 4.25. The molecule has 1 heterocycles. The van der Waals surface area contributed by atoms with Gasteiger partial charge in [-0.05, 0) is 44.6 Å². The average molecular weight is 317 g/mol. The molecule has 0 aromatic carbocycles. The Kier molecular flexibility index (Phi) is 3.54. The average Bonchev–Trinajstić information content (AvgIpc) is 2.65. The molecule has 2 aliphatic rings. The van der Waals surface area contributed by atoms with Gasteiger partial charge in [0, 0.05) is 29.0 Å². The van der Waals surface area contributed by atoms with Crippen LogP contribution in [0.15, 0.2) is 17.2 Å². The SMILES string of the molecule is O=C(NC1CCC1)c1cc(S(=O)(=O)Cl)cn1C1CCC1. The van der Waals surface area contributed by atoms with Gasteiger partial charge in [0.25, 0.3) is 15.0 Å². The first-order chi connectivity index (χ1) is 9.45. The zero-order chi connectivity index (χ0) is 14.3. The molecule has 0 atom stereocenters. The number of carbonyl (C=O) groups is 1. The van der Waals surface area contributed by atoms with Crippen LogP contribution in [0.2, 0.25) is 0 Å². The molecule has 3 rings (SSSR count). The standard InChI is InChI=1S/C13H17ClN2O3S/c14-20(18,19)11-7-12(13(17)15-9-3-1-4-9)16(8-11)10-5-2-6-10/h7-10H,1-6H2,(H,15,17). The van der Waals surface area contributed by atoms with Crippen molar-refractivity contribution >= 4 is 25.6 Å². The van der Waals surface area contributed by atoms with Crippen LogP contribution in [-0.2, 0) is 9.05 Å². The zero-order valence-electron chi connectivity index (χ0n) is 11.0. The fourth-order valence-electron chi connectivity index (χ4n) is 2.55. The Bertz CT molecular complexity index is 630. The smallest absolute Gasteiger partial charge is 0.268 e. The summed E-state index contributed by atoms with van der Waals surface area (Å²) in [5.41, 5.74) is 0.404. The second-order valence-corrected chi connectivity index (χ2v) is 8.16. The molecule has 1 aromatic heterocycles. The summed E-state index contributed by atoms with van der Waals surface area (Å²) in [5.74, 6) is -0.201. The van der Waals surface area contributed by atoms with Gasteiger partial charge in [0.1, 0.15) is 10.6 Å². The van der Waals surface area contributed by atoms with Crippen LogP contribution in [0.25, 0.3) is 0 Å². The van der Waals surface area contributed by atoms with Crippen molar-refractivity contribution in [3.05, 3.63) is 18.0 Å². The number of halogens is 1. The van der Waals surface area contributed by atoms with Gasteiger partial charge in [-0.15, -0.1) is 0 Å². The maximum absolute atomic E-state index is 12.3. The molecule has 0 spiro atoms. The van der Waals surface area contributed by atoms with Gasteiger partial charge in [-0.3, -0.25) is 4.79 Å². The Morgan fingerprint density at radius 2 is 1.90 bits per heavy atom. The third-order valence-corrected chi connectivity index (χ3v) is 5.57. The summed E-state index contributed by atoms with van der Waals surface area (Å²) in [4.78, 5) is 12.3. The summed E-state index contributed by atoms with van der Waals surface area (Å²) in [5, 5.41) is 2.94. The van der Waals surface area contributed by atoms with E-state index in [1.165, 1.54) is 12.3 Å². The first-order valence-corrected chi connectivity index (χ1v) is 9.23. The van der Waals surface area contributed by atoms with Gasteiger partial charge < -0.3 is 9.88 Å². The van der Waals surface area contributed by atoms with Gasteiger partial charge in [-0.2, -0.15) is 0 Å². The van der Waals surface area contributed by atoms with Gasteiger partial charge >= 0.3 is 0 Å². The summed E-state index contributed by atoms with van der Waals surface area (Å²) >= 11 is 0. The van der Waals surface area contributed by atoms with Crippen LogP contribution in [-0.4, -0.2) is 24.9 Å². The number of hydrogen-bond acceptors (Lipinski definition) is 3. The second-order valence-electron chi connectivity index (χ2n) is 5.59. The van der Waals surface area contributed by atoms with Crippen molar-refractivity contribution in [2.45, 2.75) is 55.5 Å². The van der Waals surface area contributed by atoms with E-state index in [0.717, 1.165) is 38.5 Å². The maximum Gasteiger partial charge on any atom is 0.268 e. The number of rotatable bonds is 4. The predicted molar refractivity (Wildman–Crippen MR) is 75.5 cm³/mol. The largest absolute Gasteiger partial charge is 0.348 e. The molecule has 20 heavy (non-hydrogen) atoms. The van der Waals surface area contributed by atoms with Gasteiger partial charge in [0.15, 0.2) is 0 Å². The molecule has 0 aliphatic heterocycles. The minimum absolute atomic E-state index is 0.00447. The summed E-state index contributed by atoms with van der Waals surface area (Å²) < 4.78 is 24.7. The van der Waals surface area contributed by atoms with Crippen molar-refractivity contribution in [1.29, 1.82) is 0 Å². The van der Waals surface area contributed by atoms with Gasteiger partial charge in [0.05, 0.1) is 0 Å². The van der Waals surface area contributed by atoms with E-state index in [9.17, 15) is 13.2 Å². The first-order valence-electron chi connectivity index (χ1n) is 6.92. The lowest BCUT2D eigenvalue weighted by molar-refractivity contribution is 0.0901. The van der Waals surface area contributed by atoms with E-state index >= 15 is 0 Å². The third kappa shape index (κ3) is 2.59. The molecular weight excluding hydrogens is 300 g/mol. The van der Waals surface area contributed by atoms with Crippen molar-refractivity contribution in [1.82, 2.24) is 9.88 Å². The molecule has 1 N–H and O–H groups in total. The number of nitrogens with zero attached hydrogens (tertiary/aromatic N) is 1. The van der Waals surface area contributed by atoms with E-state index in [2.05, 4.69) is 5.32 Å². The molecule has 2 aliphatic carbocycles. The molecule has 2 fully saturated rings. The molecule has 2 saturated carbocycles. The van der Waals surface area contributed by atoms with Crippen LogP contribution in [0.5, 0.6) is 0 Å². The minimum Gasteiger partial charge on any atom is -0.348 e. The Morgan fingerprint density at radius 1 is 1.25 bits per heavy atom. The molecular formula is C13H17ClN2O3S. The van der Waals surface area contributed by atoms with Crippen molar-refractivity contribution in [2.75, 3.05) is 0 Å². The quantitative estimate of drug-likeness (QED) is 0.867. The summed E-state index contributed by atoms with van der Waals surface area (Å²) in [7, 11) is 1.58. The fraction of sp³-hybridized carbons (Fsp3) is 0.615. The first kappa shape index (κ1) is 13.9.